The molecule has 1 unspecified atom stereocenters. The van der Waals surface area contributed by atoms with Crippen LogP contribution in [-0.2, 0) is 0 Å². The molecule has 0 amide bonds. The van der Waals surface area contributed by atoms with Crippen molar-refractivity contribution in [3.63, 3.8) is 0 Å². The zero-order valence-corrected chi connectivity index (χ0v) is 16.5. The zero-order chi connectivity index (χ0) is 18.7. The van der Waals surface area contributed by atoms with Gasteiger partial charge in [0.25, 0.3) is 0 Å². The molecule has 3 rings (SSSR count). The Morgan fingerprint density at radius 3 is 1.69 bits per heavy atom. The van der Waals surface area contributed by atoms with Crippen molar-refractivity contribution in [3.05, 3.63) is 78.5 Å². The molecule has 0 fully saturated rings. The molecule has 134 valence electrons. The Morgan fingerprint density at radius 1 is 0.692 bits per heavy atom. The second-order valence-electron chi connectivity index (χ2n) is 8.50. The fourth-order valence-corrected chi connectivity index (χ4v) is 4.13. The predicted octanol–water partition coefficient (Wildman–Crippen LogP) is 7.20. The highest BCUT2D eigenvalue weighted by molar-refractivity contribution is 5.69. The molecule has 0 aliphatic rings. The van der Waals surface area contributed by atoms with Gasteiger partial charge in [-0.3, -0.25) is 4.98 Å². The third-order valence-electron chi connectivity index (χ3n) is 5.05. The monoisotopic (exact) mass is 343 g/mol. The first kappa shape index (κ1) is 18.4. The Labute approximate surface area is 158 Å². The van der Waals surface area contributed by atoms with E-state index in [1.54, 1.807) is 0 Å². The van der Waals surface area contributed by atoms with Crippen molar-refractivity contribution in [3.8, 4) is 22.4 Å². The first-order valence-corrected chi connectivity index (χ1v) is 9.48. The second kappa shape index (κ2) is 7.45. The third kappa shape index (κ3) is 4.04. The summed E-state index contributed by atoms with van der Waals surface area (Å²) in [5.74, 6) is 1.18. The van der Waals surface area contributed by atoms with E-state index in [1.165, 1.54) is 16.7 Å². The van der Waals surface area contributed by atoms with Gasteiger partial charge >= 0.3 is 0 Å². The highest BCUT2D eigenvalue weighted by atomic mass is 14.7. The average Bonchev–Trinajstić information content (AvgIpc) is 2.62. The van der Waals surface area contributed by atoms with Crippen LogP contribution >= 0.6 is 0 Å². The van der Waals surface area contributed by atoms with Crippen molar-refractivity contribution in [1.29, 1.82) is 0 Å². The molecular formula is C25H29N. The van der Waals surface area contributed by atoms with Gasteiger partial charge in [-0.2, -0.15) is 0 Å². The second-order valence-corrected chi connectivity index (χ2v) is 8.50. The van der Waals surface area contributed by atoms with Crippen molar-refractivity contribution in [2.45, 2.75) is 40.5 Å². The van der Waals surface area contributed by atoms with E-state index in [1.807, 2.05) is 24.4 Å². The molecule has 3 aromatic rings. The number of hydrogen-bond donors (Lipinski definition) is 0. The lowest BCUT2D eigenvalue weighted by atomic mass is 9.70. The quantitative estimate of drug-likeness (QED) is 0.488. The number of nitrogens with zero attached hydrogens (tertiary/aromatic N) is 1. The van der Waals surface area contributed by atoms with Crippen molar-refractivity contribution < 1.29 is 0 Å². The summed E-state index contributed by atoms with van der Waals surface area (Å²) in [5, 5.41) is 0. The maximum Gasteiger partial charge on any atom is 0.0701 e. The van der Waals surface area contributed by atoms with E-state index in [2.05, 4.69) is 88.1 Å². The molecule has 0 aliphatic heterocycles. The van der Waals surface area contributed by atoms with Crippen LogP contribution in [0.4, 0.5) is 0 Å². The molecular weight excluding hydrogens is 314 g/mol. The summed E-state index contributed by atoms with van der Waals surface area (Å²) >= 11 is 0. The van der Waals surface area contributed by atoms with Gasteiger partial charge in [0.05, 0.1) is 5.69 Å². The number of pyridine rings is 1. The summed E-state index contributed by atoms with van der Waals surface area (Å²) in [7, 11) is 0. The van der Waals surface area contributed by atoms with E-state index in [9.17, 15) is 0 Å². The van der Waals surface area contributed by atoms with Crippen LogP contribution in [0.15, 0.2) is 72.9 Å². The van der Waals surface area contributed by atoms with Gasteiger partial charge in [0, 0.05) is 11.8 Å². The van der Waals surface area contributed by atoms with Crippen LogP contribution < -0.4 is 0 Å². The molecule has 0 saturated carbocycles. The van der Waals surface area contributed by atoms with Gasteiger partial charge in [-0.15, -0.1) is 0 Å². The molecule has 1 nitrogen and oxygen atoms in total. The number of hydrogen-bond acceptors (Lipinski definition) is 1. The van der Waals surface area contributed by atoms with Gasteiger partial charge in [-0.05, 0) is 46.1 Å². The predicted molar refractivity (Wildman–Crippen MR) is 112 cm³/mol. The van der Waals surface area contributed by atoms with Gasteiger partial charge < -0.3 is 0 Å². The van der Waals surface area contributed by atoms with Gasteiger partial charge in [0.2, 0.25) is 0 Å². The van der Waals surface area contributed by atoms with E-state index in [-0.39, 0.29) is 5.41 Å². The molecule has 0 saturated heterocycles. The SMILES string of the molecule is CC(C)C(c1ccc(-c2ccc(-c3ccccn3)cc2)cc1)C(C)(C)C. The Kier molecular flexibility index (Phi) is 5.27. The van der Waals surface area contributed by atoms with Crippen LogP contribution in [0.1, 0.15) is 46.1 Å². The third-order valence-corrected chi connectivity index (χ3v) is 5.05. The van der Waals surface area contributed by atoms with E-state index in [0.29, 0.717) is 11.8 Å². The Morgan fingerprint density at radius 2 is 1.23 bits per heavy atom. The summed E-state index contributed by atoms with van der Waals surface area (Å²) in [6.45, 7) is 11.6. The number of aromatic nitrogens is 1. The topological polar surface area (TPSA) is 12.9 Å². The minimum Gasteiger partial charge on any atom is -0.256 e. The van der Waals surface area contributed by atoms with E-state index in [0.717, 1.165) is 11.3 Å². The highest BCUT2D eigenvalue weighted by Crippen LogP contribution is 2.41. The minimum absolute atomic E-state index is 0.264. The smallest absolute Gasteiger partial charge is 0.0701 e. The van der Waals surface area contributed by atoms with Crippen LogP contribution in [-0.4, -0.2) is 4.98 Å². The molecule has 0 spiro atoms. The average molecular weight is 344 g/mol. The maximum absolute atomic E-state index is 4.42. The Bertz CT molecular complexity index is 822. The molecule has 1 heteroatoms. The van der Waals surface area contributed by atoms with E-state index < -0.39 is 0 Å². The molecule has 2 aromatic carbocycles. The fraction of sp³-hybridized carbons (Fsp3) is 0.320. The summed E-state index contributed by atoms with van der Waals surface area (Å²) in [5.41, 5.74) is 6.37. The van der Waals surface area contributed by atoms with Crippen molar-refractivity contribution in [2.24, 2.45) is 11.3 Å². The fourth-order valence-electron chi connectivity index (χ4n) is 4.13. The standard InChI is InChI=1S/C25H29N/c1-18(2)24(25(3,4)5)22-15-11-20(12-16-22)19-9-13-21(14-10-19)23-8-6-7-17-26-23/h6-18,24H,1-5H3. The lowest BCUT2D eigenvalue weighted by Crippen LogP contribution is -2.23. The van der Waals surface area contributed by atoms with E-state index in [4.69, 9.17) is 0 Å². The molecule has 0 radical (unpaired) electrons. The largest absolute Gasteiger partial charge is 0.256 e. The lowest BCUT2D eigenvalue weighted by molar-refractivity contribution is 0.258. The molecule has 26 heavy (non-hydrogen) atoms. The normalized spacial score (nSPS) is 13.0. The molecule has 1 heterocycles. The minimum atomic E-state index is 0.264. The number of rotatable bonds is 4. The molecule has 0 bridgehead atoms. The van der Waals surface area contributed by atoms with Gasteiger partial charge in [-0.1, -0.05) is 89.2 Å². The summed E-state index contributed by atoms with van der Waals surface area (Å²) in [6, 6.07) is 23.8. The Hall–Kier alpha value is -2.41. The van der Waals surface area contributed by atoms with Crippen LogP contribution in [0.2, 0.25) is 0 Å². The van der Waals surface area contributed by atoms with Gasteiger partial charge in [0.15, 0.2) is 0 Å². The van der Waals surface area contributed by atoms with Gasteiger partial charge in [0.1, 0.15) is 0 Å². The van der Waals surface area contributed by atoms with Crippen molar-refractivity contribution in [2.75, 3.05) is 0 Å². The summed E-state index contributed by atoms with van der Waals surface area (Å²) in [6.07, 6.45) is 1.84. The highest BCUT2D eigenvalue weighted by Gasteiger charge is 2.28. The molecule has 0 N–H and O–H groups in total. The van der Waals surface area contributed by atoms with Crippen LogP contribution in [0.5, 0.6) is 0 Å². The molecule has 0 aliphatic carbocycles. The van der Waals surface area contributed by atoms with Gasteiger partial charge in [-0.25, -0.2) is 0 Å². The molecule has 1 atom stereocenters. The van der Waals surface area contributed by atoms with Crippen LogP contribution in [0.25, 0.3) is 22.4 Å². The summed E-state index contributed by atoms with van der Waals surface area (Å²) in [4.78, 5) is 4.42. The molecule has 1 aromatic heterocycles. The lowest BCUT2D eigenvalue weighted by Gasteiger charge is -2.34. The zero-order valence-electron chi connectivity index (χ0n) is 16.5. The first-order valence-electron chi connectivity index (χ1n) is 9.48. The summed E-state index contributed by atoms with van der Waals surface area (Å²) < 4.78 is 0. The first-order chi connectivity index (χ1) is 12.4. The Balaban J connectivity index is 1.85. The van der Waals surface area contributed by atoms with E-state index >= 15 is 0 Å². The van der Waals surface area contributed by atoms with Crippen LogP contribution in [0, 0.1) is 11.3 Å². The number of benzene rings is 2. The van der Waals surface area contributed by atoms with Crippen LogP contribution in [0.3, 0.4) is 0 Å². The van der Waals surface area contributed by atoms with Crippen molar-refractivity contribution >= 4 is 0 Å². The van der Waals surface area contributed by atoms with Crippen molar-refractivity contribution in [1.82, 2.24) is 4.98 Å². The maximum atomic E-state index is 4.42.